The van der Waals surface area contributed by atoms with E-state index in [4.69, 9.17) is 4.74 Å². The van der Waals surface area contributed by atoms with Crippen molar-refractivity contribution in [2.45, 2.75) is 0 Å². The van der Waals surface area contributed by atoms with E-state index >= 15 is 0 Å². The van der Waals surface area contributed by atoms with Crippen molar-refractivity contribution in [1.29, 1.82) is 0 Å². The van der Waals surface area contributed by atoms with Crippen molar-refractivity contribution in [1.82, 2.24) is 14.8 Å². The maximum absolute atomic E-state index is 12.4. The molecular formula is C15H20N4O3. The fourth-order valence-electron chi connectivity index (χ4n) is 2.71. The minimum Gasteiger partial charge on any atom is -0.378 e. The minimum absolute atomic E-state index is 0.0703. The summed E-state index contributed by atoms with van der Waals surface area (Å²) in [6.45, 7) is 5.44. The first-order valence-electron chi connectivity index (χ1n) is 7.55. The Morgan fingerprint density at radius 1 is 1.09 bits per heavy atom. The largest absolute Gasteiger partial charge is 0.378 e. The zero-order valence-corrected chi connectivity index (χ0v) is 12.5. The Morgan fingerprint density at radius 2 is 1.82 bits per heavy atom. The van der Waals surface area contributed by atoms with Crippen LogP contribution in [0.5, 0.6) is 0 Å². The maximum atomic E-state index is 12.4. The molecule has 1 aromatic heterocycles. The van der Waals surface area contributed by atoms with E-state index in [1.807, 2.05) is 6.07 Å². The number of amides is 2. The Balaban J connectivity index is 1.62. The van der Waals surface area contributed by atoms with E-state index in [0.717, 1.165) is 38.4 Å². The maximum Gasteiger partial charge on any atom is 0.272 e. The third-order valence-electron chi connectivity index (χ3n) is 4.09. The van der Waals surface area contributed by atoms with Gasteiger partial charge in [-0.2, -0.15) is 0 Å². The number of rotatable bonds is 3. The van der Waals surface area contributed by atoms with Crippen LogP contribution in [0.25, 0.3) is 0 Å². The lowest BCUT2D eigenvalue weighted by atomic mass is 10.2. The van der Waals surface area contributed by atoms with Gasteiger partial charge in [0.1, 0.15) is 5.69 Å². The van der Waals surface area contributed by atoms with Crippen molar-refractivity contribution in [2.24, 2.45) is 0 Å². The predicted molar refractivity (Wildman–Crippen MR) is 80.8 cm³/mol. The van der Waals surface area contributed by atoms with Crippen LogP contribution in [0.4, 0.5) is 5.69 Å². The summed E-state index contributed by atoms with van der Waals surface area (Å²) in [5.74, 6) is -0.0703. The predicted octanol–water partition coefficient (Wildman–Crippen LogP) is -0.168. The van der Waals surface area contributed by atoms with E-state index in [9.17, 15) is 9.59 Å². The van der Waals surface area contributed by atoms with Gasteiger partial charge in [-0.1, -0.05) is 0 Å². The smallest absolute Gasteiger partial charge is 0.272 e. The fraction of sp³-hybridized carbons (Fsp3) is 0.533. The van der Waals surface area contributed by atoms with Gasteiger partial charge in [0.15, 0.2) is 0 Å². The molecule has 2 saturated heterocycles. The molecule has 22 heavy (non-hydrogen) atoms. The number of pyridine rings is 1. The van der Waals surface area contributed by atoms with E-state index in [-0.39, 0.29) is 5.91 Å². The number of hydrogen-bond donors (Lipinski definition) is 0. The molecule has 3 rings (SSSR count). The fourth-order valence-corrected chi connectivity index (χ4v) is 2.71. The van der Waals surface area contributed by atoms with Crippen LogP contribution in [-0.4, -0.2) is 79.6 Å². The molecule has 0 N–H and O–H groups in total. The Hall–Kier alpha value is -2.15. The highest BCUT2D eigenvalue weighted by atomic mass is 16.5. The van der Waals surface area contributed by atoms with Crippen LogP contribution in [0.1, 0.15) is 10.5 Å². The second-order valence-corrected chi connectivity index (χ2v) is 5.43. The van der Waals surface area contributed by atoms with Crippen LogP contribution in [0.3, 0.4) is 0 Å². The number of morpholine rings is 1. The number of anilines is 1. The zero-order chi connectivity index (χ0) is 15.4. The van der Waals surface area contributed by atoms with Crippen LogP contribution in [-0.2, 0) is 9.53 Å². The summed E-state index contributed by atoms with van der Waals surface area (Å²) in [6, 6.07) is 3.71. The average molecular weight is 304 g/mol. The summed E-state index contributed by atoms with van der Waals surface area (Å²) in [6.07, 6.45) is 2.58. The van der Waals surface area contributed by atoms with Gasteiger partial charge in [0.2, 0.25) is 6.41 Å². The van der Waals surface area contributed by atoms with E-state index in [1.54, 1.807) is 22.1 Å². The SMILES string of the molecule is O=CN1CCN(C(=O)c2ccc(N3CCOCC3)cn2)CC1. The number of ether oxygens (including phenoxy) is 1. The van der Waals surface area contributed by atoms with Gasteiger partial charge in [-0.15, -0.1) is 0 Å². The van der Waals surface area contributed by atoms with Gasteiger partial charge in [-0.25, -0.2) is 4.98 Å². The standard InChI is InChI=1S/C15H20N4O3/c20-12-17-3-5-19(6-4-17)15(21)14-2-1-13(11-16-14)18-7-9-22-10-8-18/h1-2,11-12H,3-10H2. The molecule has 7 nitrogen and oxygen atoms in total. The van der Waals surface area contributed by atoms with Gasteiger partial charge in [0, 0.05) is 39.3 Å². The molecule has 0 unspecified atom stereocenters. The van der Waals surface area contributed by atoms with E-state index in [1.165, 1.54) is 0 Å². The first-order chi connectivity index (χ1) is 10.8. The lowest BCUT2D eigenvalue weighted by Gasteiger charge is -2.32. The second-order valence-electron chi connectivity index (χ2n) is 5.43. The third-order valence-corrected chi connectivity index (χ3v) is 4.09. The number of carbonyl (C=O) groups excluding carboxylic acids is 2. The van der Waals surface area contributed by atoms with Crippen molar-refractivity contribution in [2.75, 3.05) is 57.4 Å². The molecule has 2 fully saturated rings. The molecule has 0 spiro atoms. The molecule has 2 aliphatic heterocycles. The molecule has 1 aromatic rings. The Morgan fingerprint density at radius 3 is 2.41 bits per heavy atom. The molecular weight excluding hydrogens is 284 g/mol. The lowest BCUT2D eigenvalue weighted by Crippen LogP contribution is -2.48. The molecule has 0 radical (unpaired) electrons. The number of carbonyl (C=O) groups is 2. The molecule has 118 valence electrons. The van der Waals surface area contributed by atoms with Crippen LogP contribution in [0, 0.1) is 0 Å². The third kappa shape index (κ3) is 3.19. The molecule has 3 heterocycles. The number of nitrogens with zero attached hydrogens (tertiary/aromatic N) is 4. The summed E-state index contributed by atoms with van der Waals surface area (Å²) in [5, 5.41) is 0. The van der Waals surface area contributed by atoms with Crippen LogP contribution in [0.15, 0.2) is 18.3 Å². The van der Waals surface area contributed by atoms with Crippen molar-refractivity contribution >= 4 is 18.0 Å². The van der Waals surface area contributed by atoms with Crippen LogP contribution < -0.4 is 4.90 Å². The monoisotopic (exact) mass is 304 g/mol. The molecule has 0 aliphatic carbocycles. The number of aromatic nitrogens is 1. The van der Waals surface area contributed by atoms with Gasteiger partial charge < -0.3 is 19.4 Å². The number of piperazine rings is 1. The molecule has 0 aromatic carbocycles. The molecule has 2 aliphatic rings. The quantitative estimate of drug-likeness (QED) is 0.726. The van der Waals surface area contributed by atoms with E-state index in [0.29, 0.717) is 31.9 Å². The van der Waals surface area contributed by atoms with Crippen LogP contribution >= 0.6 is 0 Å². The Labute approximate surface area is 129 Å². The second kappa shape index (κ2) is 6.74. The van der Waals surface area contributed by atoms with Gasteiger partial charge in [-0.3, -0.25) is 9.59 Å². The molecule has 0 atom stereocenters. The van der Waals surface area contributed by atoms with Gasteiger partial charge in [-0.05, 0) is 12.1 Å². The highest BCUT2D eigenvalue weighted by molar-refractivity contribution is 5.92. The van der Waals surface area contributed by atoms with Crippen molar-refractivity contribution in [3.05, 3.63) is 24.0 Å². The summed E-state index contributed by atoms with van der Waals surface area (Å²) >= 11 is 0. The summed E-state index contributed by atoms with van der Waals surface area (Å²) < 4.78 is 5.33. The normalized spacial score (nSPS) is 19.2. The van der Waals surface area contributed by atoms with E-state index in [2.05, 4.69) is 9.88 Å². The molecule has 7 heteroatoms. The summed E-state index contributed by atoms with van der Waals surface area (Å²) in [5.41, 5.74) is 1.47. The summed E-state index contributed by atoms with van der Waals surface area (Å²) in [4.78, 5) is 33.0. The van der Waals surface area contributed by atoms with Gasteiger partial charge in [0.25, 0.3) is 5.91 Å². The number of hydrogen-bond acceptors (Lipinski definition) is 5. The van der Waals surface area contributed by atoms with E-state index < -0.39 is 0 Å². The first-order valence-corrected chi connectivity index (χ1v) is 7.55. The van der Waals surface area contributed by atoms with Gasteiger partial charge in [0.05, 0.1) is 25.1 Å². The molecule has 0 saturated carbocycles. The summed E-state index contributed by atoms with van der Waals surface area (Å²) in [7, 11) is 0. The highest BCUT2D eigenvalue weighted by Crippen LogP contribution is 2.15. The highest BCUT2D eigenvalue weighted by Gasteiger charge is 2.22. The Bertz CT molecular complexity index is 520. The Kier molecular flexibility index (Phi) is 4.53. The first kappa shape index (κ1) is 14.8. The van der Waals surface area contributed by atoms with Crippen LogP contribution in [0.2, 0.25) is 0 Å². The molecule has 0 bridgehead atoms. The van der Waals surface area contributed by atoms with Crippen molar-refractivity contribution in [3.63, 3.8) is 0 Å². The van der Waals surface area contributed by atoms with Crippen molar-refractivity contribution < 1.29 is 14.3 Å². The molecule has 2 amide bonds. The zero-order valence-electron chi connectivity index (χ0n) is 12.5. The lowest BCUT2D eigenvalue weighted by molar-refractivity contribution is -0.119. The van der Waals surface area contributed by atoms with Gasteiger partial charge >= 0.3 is 0 Å². The van der Waals surface area contributed by atoms with Crippen molar-refractivity contribution in [3.8, 4) is 0 Å². The minimum atomic E-state index is -0.0703. The topological polar surface area (TPSA) is 66.0 Å². The average Bonchev–Trinajstić information content (AvgIpc) is 2.62.